The molecule has 164 valence electrons. The highest BCUT2D eigenvalue weighted by atomic mass is 19.4. The van der Waals surface area contributed by atoms with E-state index in [2.05, 4.69) is 0 Å². The first-order valence-corrected chi connectivity index (χ1v) is 8.99. The maximum Gasteiger partial charge on any atom is 0.416 e. The molecule has 31 heavy (non-hydrogen) atoms. The third-order valence-corrected chi connectivity index (χ3v) is 5.01. The van der Waals surface area contributed by atoms with Crippen molar-refractivity contribution in [2.75, 3.05) is 18.0 Å². The fourth-order valence-corrected chi connectivity index (χ4v) is 3.58. The highest BCUT2D eigenvalue weighted by molar-refractivity contribution is 5.80. The van der Waals surface area contributed by atoms with Crippen LogP contribution in [0.25, 0.3) is 0 Å². The van der Waals surface area contributed by atoms with Crippen molar-refractivity contribution in [3.63, 3.8) is 0 Å². The third-order valence-electron chi connectivity index (χ3n) is 5.01. The van der Waals surface area contributed by atoms with Gasteiger partial charge in [-0.15, -0.1) is 0 Å². The normalized spacial score (nSPS) is 18.3. The second-order valence-electron chi connectivity index (χ2n) is 7.02. The van der Waals surface area contributed by atoms with Crippen molar-refractivity contribution in [1.82, 2.24) is 4.90 Å². The first-order valence-electron chi connectivity index (χ1n) is 8.99. The monoisotopic (exact) mass is 444 g/mol. The average molecular weight is 444 g/mol. The number of fused-ring (bicyclic) bond motifs is 2. The lowest BCUT2D eigenvalue weighted by atomic mass is 10.0. The van der Waals surface area contributed by atoms with Gasteiger partial charge in [0.25, 0.3) is 0 Å². The minimum atomic E-state index is -4.68. The molecule has 0 saturated heterocycles. The highest BCUT2D eigenvalue weighted by Gasteiger charge is 2.38. The van der Waals surface area contributed by atoms with Gasteiger partial charge < -0.3 is 19.6 Å². The molecule has 2 aliphatic heterocycles. The number of hydrogen-bond acceptors (Lipinski definition) is 3. The van der Waals surface area contributed by atoms with Gasteiger partial charge in [0.15, 0.2) is 11.5 Å². The van der Waals surface area contributed by atoms with Crippen molar-refractivity contribution in [2.45, 2.75) is 18.4 Å². The first kappa shape index (κ1) is 20.9. The number of alkyl halides is 6. The molecule has 1 N–H and O–H groups in total. The number of halogens is 6. The highest BCUT2D eigenvalue weighted by Crippen LogP contribution is 2.51. The minimum Gasteiger partial charge on any atom is -0.465 e. The van der Waals surface area contributed by atoms with E-state index in [0.29, 0.717) is 12.1 Å². The summed E-state index contributed by atoms with van der Waals surface area (Å²) in [5, 5.41) is 9.30. The van der Waals surface area contributed by atoms with Gasteiger partial charge >= 0.3 is 18.4 Å². The van der Waals surface area contributed by atoms with Crippen molar-refractivity contribution in [2.24, 2.45) is 0 Å². The summed E-state index contributed by atoms with van der Waals surface area (Å²) in [7, 11) is 0. The summed E-state index contributed by atoms with van der Waals surface area (Å²) in [6.07, 6.45) is -7.31. The number of rotatable bonds is 1. The maximum atomic E-state index is 13.2. The Bertz CT molecular complexity index is 1000. The second kappa shape index (κ2) is 7.10. The molecule has 4 rings (SSSR count). The van der Waals surface area contributed by atoms with Crippen molar-refractivity contribution in [3.05, 3.63) is 59.7 Å². The van der Waals surface area contributed by atoms with Crippen LogP contribution in [0.4, 0.5) is 42.5 Å². The standard InChI is InChI=1S/C20H14F6N2O3/c21-19(22,23)11-3-5-14-16(8-11)31-17-9-12(20(24,25)26)4-6-15(17)28(14)13-2-1-7-27(10-13)18(29)30/h1-6,8-9,13H,7,10H2,(H,29,30). The number of hydrogen-bond donors (Lipinski definition) is 1. The molecule has 1 amide bonds. The van der Waals surface area contributed by atoms with Crippen LogP contribution in [0.1, 0.15) is 11.1 Å². The molecule has 0 spiro atoms. The van der Waals surface area contributed by atoms with Crippen LogP contribution >= 0.6 is 0 Å². The molecule has 0 saturated carbocycles. The minimum absolute atomic E-state index is 0.0350. The van der Waals surface area contributed by atoms with Crippen LogP contribution in [0.2, 0.25) is 0 Å². The number of carboxylic acid groups (broad SMARTS) is 1. The van der Waals surface area contributed by atoms with Crippen molar-refractivity contribution >= 4 is 17.5 Å². The largest absolute Gasteiger partial charge is 0.465 e. The SMILES string of the molecule is O=C(O)N1CC=CC(N2c3ccc(C(F)(F)F)cc3Oc3cc(C(F)(F)F)ccc32)C1. The maximum absolute atomic E-state index is 13.2. The number of carbonyl (C=O) groups is 1. The first-order chi connectivity index (χ1) is 14.4. The Morgan fingerprint density at radius 3 is 1.90 bits per heavy atom. The van der Waals surface area contributed by atoms with Crippen LogP contribution < -0.4 is 9.64 Å². The molecule has 0 bridgehead atoms. The van der Waals surface area contributed by atoms with Gasteiger partial charge in [0.2, 0.25) is 0 Å². The van der Waals surface area contributed by atoms with E-state index in [9.17, 15) is 36.2 Å². The van der Waals surface area contributed by atoms with Crippen LogP contribution in [-0.4, -0.2) is 35.2 Å². The summed E-state index contributed by atoms with van der Waals surface area (Å²) in [5.74, 6) is -0.551. The van der Waals surface area contributed by atoms with Gasteiger partial charge in [0.1, 0.15) is 0 Å². The van der Waals surface area contributed by atoms with Gasteiger partial charge in [-0.1, -0.05) is 12.2 Å². The van der Waals surface area contributed by atoms with Gasteiger partial charge in [-0.25, -0.2) is 4.79 Å². The molecule has 5 nitrogen and oxygen atoms in total. The smallest absolute Gasteiger partial charge is 0.416 e. The summed E-state index contributed by atoms with van der Waals surface area (Å²) in [6.45, 7) is 0.0860. The zero-order valence-corrected chi connectivity index (χ0v) is 15.5. The van der Waals surface area contributed by atoms with Crippen LogP contribution in [-0.2, 0) is 12.4 Å². The molecule has 2 aromatic carbocycles. The molecule has 2 heterocycles. The van der Waals surface area contributed by atoms with Crippen molar-refractivity contribution < 1.29 is 41.0 Å². The van der Waals surface area contributed by atoms with Crippen LogP contribution in [0.5, 0.6) is 11.5 Å². The average Bonchev–Trinajstić information content (AvgIpc) is 2.69. The Kier molecular flexibility index (Phi) is 4.78. The topological polar surface area (TPSA) is 53.0 Å². The predicted molar refractivity (Wildman–Crippen MR) is 97.6 cm³/mol. The lowest BCUT2D eigenvalue weighted by Gasteiger charge is -2.40. The van der Waals surface area contributed by atoms with E-state index in [4.69, 9.17) is 4.74 Å². The van der Waals surface area contributed by atoms with E-state index >= 15 is 0 Å². The molecular formula is C20H14F6N2O3. The van der Waals surface area contributed by atoms with Crippen LogP contribution in [0, 0.1) is 0 Å². The molecule has 0 aliphatic carbocycles. The van der Waals surface area contributed by atoms with Crippen LogP contribution in [0.15, 0.2) is 48.6 Å². The summed E-state index contributed by atoms with van der Waals surface area (Å²) in [5.41, 5.74) is -1.68. The molecule has 0 aromatic heterocycles. The van der Waals surface area contributed by atoms with Crippen LogP contribution in [0.3, 0.4) is 0 Å². The Balaban J connectivity index is 1.85. The lowest BCUT2D eigenvalue weighted by molar-refractivity contribution is -0.138. The Morgan fingerprint density at radius 2 is 1.45 bits per heavy atom. The zero-order chi connectivity index (χ0) is 22.6. The van der Waals surface area contributed by atoms with Gasteiger partial charge in [0, 0.05) is 13.1 Å². The molecule has 1 unspecified atom stereocenters. The van der Waals surface area contributed by atoms with Gasteiger partial charge in [-0.05, 0) is 36.4 Å². The quantitative estimate of drug-likeness (QED) is 0.441. The fourth-order valence-electron chi connectivity index (χ4n) is 3.58. The van der Waals surface area contributed by atoms with E-state index < -0.39 is 35.6 Å². The van der Waals surface area contributed by atoms with Crippen molar-refractivity contribution in [1.29, 1.82) is 0 Å². The third kappa shape index (κ3) is 3.87. The number of ether oxygens (including phenoxy) is 1. The Morgan fingerprint density at radius 1 is 0.935 bits per heavy atom. The number of benzene rings is 2. The Hall–Kier alpha value is -3.37. The van der Waals surface area contributed by atoms with Gasteiger partial charge in [0.05, 0.1) is 28.5 Å². The van der Waals surface area contributed by atoms with Gasteiger partial charge in [-0.3, -0.25) is 0 Å². The summed E-state index contributed by atoms with van der Waals surface area (Å²) in [4.78, 5) is 14.0. The predicted octanol–water partition coefficient (Wildman–Crippen LogP) is 5.89. The molecule has 2 aromatic rings. The Labute approximate surface area is 171 Å². The molecule has 0 fully saturated rings. The van der Waals surface area contributed by atoms with E-state index in [0.717, 1.165) is 29.2 Å². The second-order valence-corrected chi connectivity index (χ2v) is 7.02. The van der Waals surface area contributed by atoms with E-state index in [1.54, 1.807) is 12.2 Å². The van der Waals surface area contributed by atoms with E-state index in [1.165, 1.54) is 4.90 Å². The molecule has 1 atom stereocenters. The van der Waals surface area contributed by atoms with Gasteiger partial charge in [-0.2, -0.15) is 26.3 Å². The molecular weight excluding hydrogens is 430 g/mol. The number of nitrogens with zero attached hydrogens (tertiary/aromatic N) is 2. The van der Waals surface area contributed by atoms with E-state index in [1.807, 2.05) is 0 Å². The lowest BCUT2D eigenvalue weighted by Crippen LogP contribution is -2.46. The molecule has 2 aliphatic rings. The van der Waals surface area contributed by atoms with Crippen molar-refractivity contribution in [3.8, 4) is 11.5 Å². The summed E-state index contributed by atoms with van der Waals surface area (Å²) < 4.78 is 84.4. The summed E-state index contributed by atoms with van der Waals surface area (Å²) in [6, 6.07) is 4.76. The fraction of sp³-hybridized carbons (Fsp3) is 0.250. The number of anilines is 2. The number of amides is 1. The zero-order valence-electron chi connectivity index (χ0n) is 15.5. The summed E-state index contributed by atoms with van der Waals surface area (Å²) >= 11 is 0. The molecule has 11 heteroatoms. The van der Waals surface area contributed by atoms with E-state index in [-0.39, 0.29) is 36.0 Å². The molecule has 0 radical (unpaired) electrons.